The Balaban J connectivity index is 1.89. The average molecular weight is 232 g/mol. The van der Waals surface area contributed by atoms with Gasteiger partial charge >= 0.3 is 0 Å². The minimum atomic E-state index is 0.0460. The maximum absolute atomic E-state index is 11.8. The highest BCUT2D eigenvalue weighted by molar-refractivity contribution is 5.96. The lowest BCUT2D eigenvalue weighted by Crippen LogP contribution is -2.09. The van der Waals surface area contributed by atoms with Crippen molar-refractivity contribution in [2.75, 3.05) is 0 Å². The zero-order valence-electron chi connectivity index (χ0n) is 9.69. The van der Waals surface area contributed by atoms with E-state index in [0.29, 0.717) is 30.6 Å². The minimum Gasteiger partial charge on any atom is -0.508 e. The predicted octanol–water partition coefficient (Wildman–Crippen LogP) is 2.72. The molecule has 1 saturated carbocycles. The molecule has 0 amide bonds. The van der Waals surface area contributed by atoms with Gasteiger partial charge in [0.2, 0.25) is 0 Å². The van der Waals surface area contributed by atoms with E-state index in [1.807, 2.05) is 0 Å². The summed E-state index contributed by atoms with van der Waals surface area (Å²) < 4.78 is 0. The maximum Gasteiger partial charge on any atom is 0.162 e. The number of phenolic OH excluding ortho intramolecular Hbond substituents is 1. The number of ketones is 2. The molecule has 0 saturated heterocycles. The van der Waals surface area contributed by atoms with Gasteiger partial charge in [0.05, 0.1) is 0 Å². The van der Waals surface area contributed by atoms with Crippen LogP contribution in [0.15, 0.2) is 24.3 Å². The number of rotatable bonds is 4. The average Bonchev–Trinajstić information content (AvgIpc) is 2.73. The van der Waals surface area contributed by atoms with Crippen molar-refractivity contribution in [3.8, 4) is 5.75 Å². The number of aromatic hydroxyl groups is 1. The van der Waals surface area contributed by atoms with Crippen molar-refractivity contribution < 1.29 is 14.7 Å². The molecule has 90 valence electrons. The van der Waals surface area contributed by atoms with Crippen LogP contribution in [0.4, 0.5) is 0 Å². The molecule has 0 unspecified atom stereocenters. The molecule has 0 aliphatic heterocycles. The van der Waals surface area contributed by atoms with Crippen molar-refractivity contribution in [3.63, 3.8) is 0 Å². The van der Waals surface area contributed by atoms with Gasteiger partial charge in [-0.05, 0) is 43.5 Å². The van der Waals surface area contributed by atoms with Crippen LogP contribution < -0.4 is 0 Å². The number of Topliss-reactive ketones (excluding diaryl/α,β-unsaturated/α-hetero) is 2. The summed E-state index contributed by atoms with van der Waals surface area (Å²) in [6.45, 7) is 0. The topological polar surface area (TPSA) is 54.4 Å². The molecule has 0 aromatic heterocycles. The van der Waals surface area contributed by atoms with E-state index in [4.69, 9.17) is 5.11 Å². The summed E-state index contributed by atoms with van der Waals surface area (Å²) in [5.41, 5.74) is 0.605. The highest BCUT2D eigenvalue weighted by atomic mass is 16.3. The third-order valence-corrected chi connectivity index (χ3v) is 3.34. The van der Waals surface area contributed by atoms with Gasteiger partial charge in [-0.3, -0.25) is 9.59 Å². The second kappa shape index (κ2) is 5.13. The van der Waals surface area contributed by atoms with E-state index in [0.717, 1.165) is 12.8 Å². The lowest BCUT2D eigenvalue weighted by molar-refractivity contribution is -0.120. The SMILES string of the molecule is O=C(CC[C@@H]1CCCC1=O)c1ccc(O)cc1. The number of hydrogen-bond acceptors (Lipinski definition) is 3. The number of carbonyl (C=O) groups is 2. The van der Waals surface area contributed by atoms with Gasteiger partial charge in [0.15, 0.2) is 5.78 Å². The Bertz CT molecular complexity index is 420. The molecule has 1 aromatic carbocycles. The van der Waals surface area contributed by atoms with Crippen molar-refractivity contribution in [1.82, 2.24) is 0 Å². The molecule has 3 heteroatoms. The monoisotopic (exact) mass is 232 g/mol. The molecular formula is C14H16O3. The summed E-state index contributed by atoms with van der Waals surface area (Å²) in [6, 6.07) is 6.25. The van der Waals surface area contributed by atoms with E-state index < -0.39 is 0 Å². The number of phenols is 1. The Labute approximate surface area is 100 Å². The molecule has 1 fully saturated rings. The zero-order valence-corrected chi connectivity index (χ0v) is 9.69. The van der Waals surface area contributed by atoms with E-state index in [1.165, 1.54) is 12.1 Å². The van der Waals surface area contributed by atoms with E-state index in [2.05, 4.69) is 0 Å². The molecule has 0 radical (unpaired) electrons. The first-order valence-corrected chi connectivity index (χ1v) is 6.02. The van der Waals surface area contributed by atoms with Crippen LogP contribution >= 0.6 is 0 Å². The van der Waals surface area contributed by atoms with Crippen LogP contribution in [0.5, 0.6) is 5.75 Å². The second-order valence-corrected chi connectivity index (χ2v) is 4.56. The standard InChI is InChI=1S/C14H16O3/c15-12-7-4-11(5-8-12)14(17)9-6-10-2-1-3-13(10)16/h4-5,7-8,10,15H,1-3,6,9H2/t10-/m0/s1. The fraction of sp³-hybridized carbons (Fsp3) is 0.429. The van der Waals surface area contributed by atoms with Crippen LogP contribution in [0, 0.1) is 5.92 Å². The van der Waals surface area contributed by atoms with Crippen molar-refractivity contribution in [3.05, 3.63) is 29.8 Å². The van der Waals surface area contributed by atoms with Gasteiger partial charge in [0.25, 0.3) is 0 Å². The first-order valence-electron chi connectivity index (χ1n) is 6.02. The molecule has 1 aliphatic rings. The lowest BCUT2D eigenvalue weighted by atomic mass is 9.97. The van der Waals surface area contributed by atoms with Crippen LogP contribution in [0.25, 0.3) is 0 Å². The Hall–Kier alpha value is -1.64. The lowest BCUT2D eigenvalue weighted by Gasteiger charge is -2.06. The molecule has 1 aliphatic carbocycles. The molecule has 0 spiro atoms. The molecule has 0 heterocycles. The second-order valence-electron chi connectivity index (χ2n) is 4.56. The highest BCUT2D eigenvalue weighted by Gasteiger charge is 2.24. The molecule has 1 aromatic rings. The summed E-state index contributed by atoms with van der Waals surface area (Å²) in [7, 11) is 0. The van der Waals surface area contributed by atoms with Gasteiger partial charge < -0.3 is 5.11 Å². The molecular weight excluding hydrogens is 216 g/mol. The summed E-state index contributed by atoms with van der Waals surface area (Å²) in [4.78, 5) is 23.3. The molecule has 17 heavy (non-hydrogen) atoms. The van der Waals surface area contributed by atoms with Crippen molar-refractivity contribution in [1.29, 1.82) is 0 Å². The van der Waals surface area contributed by atoms with Gasteiger partial charge in [0, 0.05) is 24.3 Å². The third-order valence-electron chi connectivity index (χ3n) is 3.34. The molecule has 1 N–H and O–H groups in total. The van der Waals surface area contributed by atoms with Crippen LogP contribution in [-0.4, -0.2) is 16.7 Å². The van der Waals surface area contributed by atoms with Gasteiger partial charge in [0.1, 0.15) is 11.5 Å². The Morgan fingerprint density at radius 2 is 2.00 bits per heavy atom. The number of benzene rings is 1. The highest BCUT2D eigenvalue weighted by Crippen LogP contribution is 2.26. The van der Waals surface area contributed by atoms with Crippen LogP contribution in [0.1, 0.15) is 42.5 Å². The van der Waals surface area contributed by atoms with Crippen molar-refractivity contribution in [2.45, 2.75) is 32.1 Å². The summed E-state index contributed by atoms with van der Waals surface area (Å²) >= 11 is 0. The van der Waals surface area contributed by atoms with E-state index in [-0.39, 0.29) is 17.5 Å². The molecule has 1 atom stereocenters. The largest absolute Gasteiger partial charge is 0.508 e. The Kier molecular flexibility index (Phi) is 3.57. The normalized spacial score (nSPS) is 19.5. The quantitative estimate of drug-likeness (QED) is 0.812. The maximum atomic E-state index is 11.8. The molecule has 0 bridgehead atoms. The van der Waals surface area contributed by atoms with Gasteiger partial charge in [-0.15, -0.1) is 0 Å². The molecule has 3 nitrogen and oxygen atoms in total. The van der Waals surface area contributed by atoms with E-state index >= 15 is 0 Å². The van der Waals surface area contributed by atoms with Crippen LogP contribution in [0.3, 0.4) is 0 Å². The Morgan fingerprint density at radius 1 is 1.29 bits per heavy atom. The zero-order chi connectivity index (χ0) is 12.3. The van der Waals surface area contributed by atoms with E-state index in [1.54, 1.807) is 12.1 Å². The summed E-state index contributed by atoms with van der Waals surface area (Å²) in [5, 5.41) is 9.12. The summed E-state index contributed by atoms with van der Waals surface area (Å²) in [6.07, 6.45) is 3.66. The van der Waals surface area contributed by atoms with Gasteiger partial charge in [-0.2, -0.15) is 0 Å². The first kappa shape index (κ1) is 11.8. The van der Waals surface area contributed by atoms with E-state index in [9.17, 15) is 9.59 Å². The molecule has 2 rings (SSSR count). The minimum absolute atomic E-state index is 0.0460. The van der Waals surface area contributed by atoms with Crippen molar-refractivity contribution >= 4 is 11.6 Å². The fourth-order valence-corrected chi connectivity index (χ4v) is 2.29. The smallest absolute Gasteiger partial charge is 0.162 e. The van der Waals surface area contributed by atoms with Gasteiger partial charge in [-0.1, -0.05) is 0 Å². The van der Waals surface area contributed by atoms with Crippen molar-refractivity contribution in [2.24, 2.45) is 5.92 Å². The number of hydrogen-bond donors (Lipinski definition) is 1. The van der Waals surface area contributed by atoms with Crippen LogP contribution in [-0.2, 0) is 4.79 Å². The summed E-state index contributed by atoms with van der Waals surface area (Å²) in [5.74, 6) is 0.608. The fourth-order valence-electron chi connectivity index (χ4n) is 2.29. The van der Waals surface area contributed by atoms with Gasteiger partial charge in [-0.25, -0.2) is 0 Å². The van der Waals surface area contributed by atoms with Crippen LogP contribution in [0.2, 0.25) is 0 Å². The Morgan fingerprint density at radius 3 is 2.59 bits per heavy atom. The third kappa shape index (κ3) is 2.93. The predicted molar refractivity (Wildman–Crippen MR) is 64.0 cm³/mol. The first-order chi connectivity index (χ1) is 8.16. The number of carbonyl (C=O) groups excluding carboxylic acids is 2.